The average Bonchev–Trinajstić information content (AvgIpc) is 3.62. The van der Waals surface area contributed by atoms with E-state index >= 15 is 0 Å². The van der Waals surface area contributed by atoms with Crippen LogP contribution in [0.2, 0.25) is 5.15 Å². The molecule has 0 radical (unpaired) electrons. The van der Waals surface area contributed by atoms with Crippen LogP contribution in [0.3, 0.4) is 0 Å². The van der Waals surface area contributed by atoms with E-state index in [9.17, 15) is 52.8 Å². The Morgan fingerprint density at radius 3 is 1.41 bits per heavy atom. The molecule has 14 nitrogen and oxygen atoms in total. The Labute approximate surface area is 312 Å². The summed E-state index contributed by atoms with van der Waals surface area (Å²) in [6, 6.07) is 4.40. The molecule has 0 aromatic carbocycles. The number of hydrogen-bond acceptors (Lipinski definition) is 12. The number of pyridine rings is 2. The number of sulfone groups is 2. The van der Waals surface area contributed by atoms with Gasteiger partial charge in [-0.15, -0.1) is 0 Å². The second-order valence-electron chi connectivity index (χ2n) is 11.4. The van der Waals surface area contributed by atoms with Gasteiger partial charge in [-0.3, -0.25) is 9.59 Å². The molecule has 4 rings (SSSR count). The van der Waals surface area contributed by atoms with Crippen molar-refractivity contribution in [3.8, 4) is 11.6 Å². The minimum Gasteiger partial charge on any atom is -0.367 e. The topological polar surface area (TPSA) is 179 Å². The summed E-state index contributed by atoms with van der Waals surface area (Å²) in [5.41, 5.74) is -4.25. The third-order valence-corrected chi connectivity index (χ3v) is 9.62. The molecule has 0 spiro atoms. The molecule has 4 aromatic heterocycles. The van der Waals surface area contributed by atoms with Crippen molar-refractivity contribution < 1.29 is 52.8 Å². The maximum absolute atomic E-state index is 13.1. The first-order chi connectivity index (χ1) is 24.8. The number of nitrogens with one attached hydrogen (secondary N) is 1. The lowest BCUT2D eigenvalue weighted by Crippen LogP contribution is -2.21. The monoisotopic (exact) mass is 830 g/mol. The average molecular weight is 831 g/mol. The highest BCUT2D eigenvalue weighted by molar-refractivity contribution is 7.91. The SMILES string of the molecule is CC(C)Nc1c(C=O)c(C(F)(F)F)nn1-c1ccc(S(C)(=O)=O)cn1.CCN(CC)CC.CS(=O)(=O)c1ccc(-n2nc(C(F)(F)F)c(C=O)c2Cl)nc1. The zero-order chi connectivity index (χ0) is 41.4. The molecule has 54 heavy (non-hydrogen) atoms. The summed E-state index contributed by atoms with van der Waals surface area (Å²) < 4.78 is 125. The predicted octanol–water partition coefficient (Wildman–Crippen LogP) is 5.83. The zero-order valence-corrected chi connectivity index (χ0v) is 32.2. The summed E-state index contributed by atoms with van der Waals surface area (Å²) in [6.07, 6.45) is -5.77. The van der Waals surface area contributed by atoms with E-state index in [4.69, 9.17) is 11.6 Å². The van der Waals surface area contributed by atoms with Gasteiger partial charge in [-0.05, 0) is 57.7 Å². The Bertz CT molecular complexity index is 2110. The smallest absolute Gasteiger partial charge is 0.367 e. The zero-order valence-electron chi connectivity index (χ0n) is 29.9. The van der Waals surface area contributed by atoms with E-state index in [1.807, 2.05) is 0 Å². The number of hydrogen-bond donors (Lipinski definition) is 1. The molecule has 4 heterocycles. The standard InChI is InChI=1S/C14H15F3N4O3S.C11H7ClF3N3O3S.C6H15N/c1-8(2)19-13-10(7-22)12(14(15,16)17)20-21(13)11-5-4-9(6-18-11)25(3,23)24;1-22(20,21)6-2-3-8(16-4-6)18-10(12)7(5-19)9(17-18)11(13,14)15;1-4-7(5-2)6-3/h4-8,19H,1-3H3;2-5H,1H3;4-6H2,1-3H3. The van der Waals surface area contributed by atoms with Gasteiger partial charge in [0, 0.05) is 30.9 Å². The molecule has 4 aromatic rings. The van der Waals surface area contributed by atoms with E-state index < -0.39 is 59.7 Å². The Morgan fingerprint density at radius 1 is 0.741 bits per heavy atom. The molecule has 0 saturated heterocycles. The summed E-state index contributed by atoms with van der Waals surface area (Å²) in [4.78, 5) is 31.7. The number of carbonyl (C=O) groups excluding carboxylic acids is 2. The van der Waals surface area contributed by atoms with Crippen molar-refractivity contribution in [2.45, 2.75) is 62.8 Å². The maximum atomic E-state index is 13.1. The molecular formula is C31H37ClF6N8O6S2. The molecule has 0 amide bonds. The highest BCUT2D eigenvalue weighted by Crippen LogP contribution is 2.36. The van der Waals surface area contributed by atoms with Gasteiger partial charge >= 0.3 is 12.4 Å². The molecular weight excluding hydrogens is 794 g/mol. The van der Waals surface area contributed by atoms with Crippen LogP contribution in [0.4, 0.5) is 32.2 Å². The molecule has 0 saturated carbocycles. The number of alkyl halides is 6. The van der Waals surface area contributed by atoms with Crippen LogP contribution in [-0.4, -0.2) is 102 Å². The summed E-state index contributed by atoms with van der Waals surface area (Å²) in [5.74, 6) is -0.387. The lowest BCUT2D eigenvalue weighted by atomic mass is 10.2. The third kappa shape index (κ3) is 11.8. The van der Waals surface area contributed by atoms with Gasteiger partial charge < -0.3 is 10.2 Å². The van der Waals surface area contributed by atoms with E-state index in [2.05, 4.69) is 51.2 Å². The Kier molecular flexibility index (Phi) is 15.5. The fourth-order valence-corrected chi connectivity index (χ4v) is 5.69. The van der Waals surface area contributed by atoms with Gasteiger partial charge in [0.1, 0.15) is 11.0 Å². The highest BCUT2D eigenvalue weighted by atomic mass is 35.5. The first kappa shape index (κ1) is 45.7. The minimum absolute atomic E-state index is 0.0560. The molecule has 1 N–H and O–H groups in total. The quantitative estimate of drug-likeness (QED) is 0.142. The number of rotatable bonds is 11. The van der Waals surface area contributed by atoms with Crippen molar-refractivity contribution in [2.24, 2.45) is 0 Å². The number of carbonyl (C=O) groups is 2. The summed E-state index contributed by atoms with van der Waals surface area (Å²) in [6.45, 7) is 13.5. The lowest BCUT2D eigenvalue weighted by molar-refractivity contribution is -0.142. The molecule has 0 aliphatic rings. The second-order valence-corrected chi connectivity index (χ2v) is 15.8. The van der Waals surface area contributed by atoms with Crippen molar-refractivity contribution >= 4 is 49.7 Å². The fourth-order valence-electron chi connectivity index (χ4n) is 4.31. The van der Waals surface area contributed by atoms with Crippen molar-refractivity contribution in [3.05, 3.63) is 64.3 Å². The van der Waals surface area contributed by atoms with E-state index in [0.717, 1.165) is 41.7 Å². The first-order valence-corrected chi connectivity index (χ1v) is 19.8. The van der Waals surface area contributed by atoms with Crippen LogP contribution in [0.1, 0.15) is 66.7 Å². The van der Waals surface area contributed by atoms with Gasteiger partial charge in [-0.25, -0.2) is 31.5 Å². The van der Waals surface area contributed by atoms with Crippen LogP contribution in [-0.2, 0) is 32.0 Å². The number of halogens is 7. The van der Waals surface area contributed by atoms with Crippen LogP contribution in [0, 0.1) is 0 Å². The van der Waals surface area contributed by atoms with Crippen molar-refractivity contribution in [3.63, 3.8) is 0 Å². The van der Waals surface area contributed by atoms with E-state index in [1.54, 1.807) is 13.8 Å². The van der Waals surface area contributed by atoms with Crippen LogP contribution in [0.25, 0.3) is 11.6 Å². The van der Waals surface area contributed by atoms with Crippen LogP contribution in [0.5, 0.6) is 0 Å². The Hall–Kier alpha value is -4.41. The molecule has 0 atom stereocenters. The lowest BCUT2D eigenvalue weighted by Gasteiger charge is -2.13. The van der Waals surface area contributed by atoms with Gasteiger partial charge in [0.25, 0.3) is 0 Å². The molecule has 0 aliphatic carbocycles. The van der Waals surface area contributed by atoms with Crippen LogP contribution < -0.4 is 5.32 Å². The third-order valence-electron chi connectivity index (χ3n) is 7.06. The van der Waals surface area contributed by atoms with Gasteiger partial charge in [0.05, 0.1) is 20.9 Å². The molecule has 0 aliphatic heterocycles. The second kappa shape index (κ2) is 18.3. The van der Waals surface area contributed by atoms with Crippen molar-refractivity contribution in [1.82, 2.24) is 34.4 Å². The van der Waals surface area contributed by atoms with Crippen molar-refractivity contribution in [2.75, 3.05) is 37.5 Å². The summed E-state index contributed by atoms with van der Waals surface area (Å²) >= 11 is 5.71. The largest absolute Gasteiger partial charge is 0.435 e. The Balaban J connectivity index is 0.000000320. The molecule has 298 valence electrons. The molecule has 0 unspecified atom stereocenters. The molecule has 0 fully saturated rings. The normalized spacial score (nSPS) is 12.1. The van der Waals surface area contributed by atoms with Crippen LogP contribution in [0.15, 0.2) is 46.5 Å². The Morgan fingerprint density at radius 2 is 1.13 bits per heavy atom. The summed E-state index contributed by atoms with van der Waals surface area (Å²) in [5, 5.41) is 8.86. The van der Waals surface area contributed by atoms with E-state index in [1.165, 1.54) is 31.8 Å². The maximum Gasteiger partial charge on any atom is 0.435 e. The fraction of sp³-hybridized carbons (Fsp3) is 0.419. The number of aromatic nitrogens is 6. The number of anilines is 1. The van der Waals surface area contributed by atoms with Gasteiger partial charge in [-0.2, -0.15) is 41.2 Å². The number of aldehydes is 2. The van der Waals surface area contributed by atoms with Crippen LogP contribution >= 0.6 is 11.6 Å². The summed E-state index contributed by atoms with van der Waals surface area (Å²) in [7, 11) is -7.01. The van der Waals surface area contributed by atoms with E-state index in [-0.39, 0.29) is 45.9 Å². The van der Waals surface area contributed by atoms with Crippen molar-refractivity contribution in [1.29, 1.82) is 0 Å². The molecule has 0 bridgehead atoms. The van der Waals surface area contributed by atoms with Gasteiger partial charge in [-0.1, -0.05) is 32.4 Å². The number of nitrogens with zero attached hydrogens (tertiary/aromatic N) is 7. The first-order valence-electron chi connectivity index (χ1n) is 15.6. The van der Waals surface area contributed by atoms with Gasteiger partial charge in [0.2, 0.25) is 0 Å². The molecule has 23 heteroatoms. The minimum atomic E-state index is -4.86. The van der Waals surface area contributed by atoms with Gasteiger partial charge in [0.15, 0.2) is 55.3 Å². The predicted molar refractivity (Wildman–Crippen MR) is 187 cm³/mol. The highest BCUT2D eigenvalue weighted by Gasteiger charge is 2.40. The van der Waals surface area contributed by atoms with E-state index in [0.29, 0.717) is 4.68 Å².